The fourth-order valence-corrected chi connectivity index (χ4v) is 3.07. The molecule has 1 aliphatic heterocycles. The first-order chi connectivity index (χ1) is 10.5. The van der Waals surface area contributed by atoms with Crippen LogP contribution in [0.3, 0.4) is 0 Å². The smallest absolute Gasteiger partial charge is 0.124 e. The van der Waals surface area contributed by atoms with E-state index in [-0.39, 0.29) is 11.2 Å². The van der Waals surface area contributed by atoms with Gasteiger partial charge in [-0.3, -0.25) is 4.90 Å². The van der Waals surface area contributed by atoms with E-state index in [1.54, 1.807) is 10.7 Å². The van der Waals surface area contributed by atoms with Gasteiger partial charge in [0.2, 0.25) is 0 Å². The predicted molar refractivity (Wildman–Crippen MR) is 83.4 cm³/mol. The Kier molecular flexibility index (Phi) is 4.16. The summed E-state index contributed by atoms with van der Waals surface area (Å²) in [6.45, 7) is 5.61. The molecule has 0 spiro atoms. The van der Waals surface area contributed by atoms with Gasteiger partial charge in [0.05, 0.1) is 22.6 Å². The van der Waals surface area contributed by atoms with E-state index in [0.29, 0.717) is 17.3 Å². The Balaban J connectivity index is 1.72. The van der Waals surface area contributed by atoms with Crippen LogP contribution in [0.2, 0.25) is 5.02 Å². The Morgan fingerprint density at radius 2 is 2.27 bits per heavy atom. The summed E-state index contributed by atoms with van der Waals surface area (Å²) in [7, 11) is 0. The zero-order chi connectivity index (χ0) is 15.7. The minimum Gasteiger partial charge on any atom is -0.330 e. The fraction of sp³-hybridized carbons (Fsp3) is 0.467. The lowest BCUT2D eigenvalue weighted by molar-refractivity contribution is 0.272. The molecule has 2 heterocycles. The second kappa shape index (κ2) is 5.95. The van der Waals surface area contributed by atoms with Crippen molar-refractivity contribution in [3.8, 4) is 5.69 Å². The van der Waals surface area contributed by atoms with Crippen LogP contribution >= 0.6 is 11.6 Å². The molecule has 7 heteroatoms. The topological polar surface area (TPSA) is 60.0 Å². The fourth-order valence-electron chi connectivity index (χ4n) is 2.81. The summed E-state index contributed by atoms with van der Waals surface area (Å²) in [4.78, 5) is 2.33. The lowest BCUT2D eigenvalue weighted by Crippen LogP contribution is -2.31. The van der Waals surface area contributed by atoms with Crippen molar-refractivity contribution in [2.75, 3.05) is 19.6 Å². The summed E-state index contributed by atoms with van der Waals surface area (Å²) < 4.78 is 14.7. The van der Waals surface area contributed by atoms with Crippen LogP contribution in [0.1, 0.15) is 19.0 Å². The molecule has 0 radical (unpaired) electrons. The van der Waals surface area contributed by atoms with E-state index in [0.717, 1.165) is 31.7 Å². The average Bonchev–Trinajstić information content (AvgIpc) is 3.07. The SMILES string of the molecule is CC1(CN)CCN(Cc2cn(-c3ccc(F)cc3Cl)nn2)C1. The van der Waals surface area contributed by atoms with Crippen molar-refractivity contribution >= 4 is 11.6 Å². The zero-order valence-corrected chi connectivity index (χ0v) is 13.2. The standard InChI is InChI=1S/C15H19ClFN5/c1-15(9-18)4-5-21(10-15)7-12-8-22(20-19-12)14-3-2-11(17)6-13(14)16/h2-3,6,8H,4-5,7,9-10,18H2,1H3. The van der Waals surface area contributed by atoms with Crippen LogP contribution in [0.4, 0.5) is 4.39 Å². The summed E-state index contributed by atoms with van der Waals surface area (Å²) in [5.74, 6) is -0.368. The number of hydrogen-bond donors (Lipinski definition) is 1. The molecular weight excluding hydrogens is 305 g/mol. The Labute approximate surface area is 133 Å². The maximum atomic E-state index is 13.1. The lowest BCUT2D eigenvalue weighted by Gasteiger charge is -2.21. The predicted octanol–water partition coefficient (Wildman–Crippen LogP) is 2.23. The molecule has 22 heavy (non-hydrogen) atoms. The Morgan fingerprint density at radius 1 is 1.45 bits per heavy atom. The maximum Gasteiger partial charge on any atom is 0.124 e. The van der Waals surface area contributed by atoms with Crippen LogP contribution in [-0.2, 0) is 6.54 Å². The number of halogens is 2. The number of nitrogens with zero attached hydrogens (tertiary/aromatic N) is 4. The molecule has 5 nitrogen and oxygen atoms in total. The molecular formula is C15H19ClFN5. The molecule has 2 aromatic rings. The number of likely N-dealkylation sites (tertiary alicyclic amines) is 1. The normalized spacial score (nSPS) is 22.4. The minimum absolute atomic E-state index is 0.191. The van der Waals surface area contributed by atoms with Crippen LogP contribution in [0.15, 0.2) is 24.4 Å². The third-order valence-electron chi connectivity index (χ3n) is 4.21. The van der Waals surface area contributed by atoms with Crippen LogP contribution in [0.5, 0.6) is 0 Å². The highest BCUT2D eigenvalue weighted by Gasteiger charge is 2.32. The molecule has 1 aromatic heterocycles. The number of hydrogen-bond acceptors (Lipinski definition) is 4. The monoisotopic (exact) mass is 323 g/mol. The van der Waals surface area contributed by atoms with Crippen molar-refractivity contribution in [2.45, 2.75) is 19.9 Å². The third kappa shape index (κ3) is 3.14. The van der Waals surface area contributed by atoms with Gasteiger partial charge in [-0.1, -0.05) is 23.7 Å². The first kappa shape index (κ1) is 15.4. The van der Waals surface area contributed by atoms with Gasteiger partial charge in [0.15, 0.2) is 0 Å². The number of aromatic nitrogens is 3. The Morgan fingerprint density at radius 3 is 2.95 bits per heavy atom. The van der Waals surface area contributed by atoms with Gasteiger partial charge in [0, 0.05) is 13.1 Å². The molecule has 1 aromatic carbocycles. The largest absolute Gasteiger partial charge is 0.330 e. The van der Waals surface area contributed by atoms with E-state index in [9.17, 15) is 4.39 Å². The first-order valence-electron chi connectivity index (χ1n) is 7.28. The second-order valence-electron chi connectivity index (χ2n) is 6.23. The van der Waals surface area contributed by atoms with Crippen LogP contribution in [0, 0.1) is 11.2 Å². The van der Waals surface area contributed by atoms with Gasteiger partial charge in [-0.2, -0.15) is 0 Å². The van der Waals surface area contributed by atoms with E-state index in [1.165, 1.54) is 12.1 Å². The van der Waals surface area contributed by atoms with Gasteiger partial charge in [0.1, 0.15) is 5.82 Å². The van der Waals surface area contributed by atoms with Crippen molar-refractivity contribution in [3.63, 3.8) is 0 Å². The second-order valence-corrected chi connectivity index (χ2v) is 6.63. The summed E-state index contributed by atoms with van der Waals surface area (Å²) in [5, 5.41) is 8.58. The molecule has 118 valence electrons. The minimum atomic E-state index is -0.368. The summed E-state index contributed by atoms with van der Waals surface area (Å²) in [5.41, 5.74) is 7.50. The van der Waals surface area contributed by atoms with Gasteiger partial charge < -0.3 is 5.73 Å². The number of nitrogens with two attached hydrogens (primary N) is 1. The van der Waals surface area contributed by atoms with Crippen LogP contribution < -0.4 is 5.73 Å². The molecule has 3 rings (SSSR count). The number of benzene rings is 1. The molecule has 0 amide bonds. The Hall–Kier alpha value is -1.50. The van der Waals surface area contributed by atoms with Crippen LogP contribution in [0.25, 0.3) is 5.69 Å². The van der Waals surface area contributed by atoms with E-state index in [2.05, 4.69) is 22.1 Å². The molecule has 1 aliphatic rings. The summed E-state index contributed by atoms with van der Waals surface area (Å²) >= 11 is 6.05. The van der Waals surface area contributed by atoms with E-state index in [1.807, 2.05) is 6.20 Å². The van der Waals surface area contributed by atoms with Crippen molar-refractivity contribution in [1.29, 1.82) is 0 Å². The summed E-state index contributed by atoms with van der Waals surface area (Å²) in [6.07, 6.45) is 2.93. The van der Waals surface area contributed by atoms with E-state index in [4.69, 9.17) is 17.3 Å². The molecule has 0 bridgehead atoms. The average molecular weight is 324 g/mol. The van der Waals surface area contributed by atoms with Crippen molar-refractivity contribution in [3.05, 3.63) is 40.9 Å². The summed E-state index contributed by atoms with van der Waals surface area (Å²) in [6, 6.07) is 4.22. The lowest BCUT2D eigenvalue weighted by atomic mass is 9.90. The van der Waals surface area contributed by atoms with E-state index >= 15 is 0 Å². The zero-order valence-electron chi connectivity index (χ0n) is 12.5. The molecule has 1 fully saturated rings. The molecule has 2 N–H and O–H groups in total. The third-order valence-corrected chi connectivity index (χ3v) is 4.52. The van der Waals surface area contributed by atoms with E-state index < -0.39 is 0 Å². The molecule has 1 saturated heterocycles. The highest BCUT2D eigenvalue weighted by molar-refractivity contribution is 6.32. The molecule has 0 aliphatic carbocycles. The Bertz CT molecular complexity index is 674. The van der Waals surface area contributed by atoms with Gasteiger partial charge in [-0.15, -0.1) is 5.10 Å². The van der Waals surface area contributed by atoms with Gasteiger partial charge in [-0.05, 0) is 43.1 Å². The van der Waals surface area contributed by atoms with Crippen molar-refractivity contribution in [1.82, 2.24) is 19.9 Å². The first-order valence-corrected chi connectivity index (χ1v) is 7.66. The van der Waals surface area contributed by atoms with Crippen molar-refractivity contribution in [2.24, 2.45) is 11.1 Å². The van der Waals surface area contributed by atoms with Gasteiger partial charge in [-0.25, -0.2) is 9.07 Å². The molecule has 1 unspecified atom stereocenters. The quantitative estimate of drug-likeness (QED) is 0.937. The highest BCUT2D eigenvalue weighted by Crippen LogP contribution is 2.29. The van der Waals surface area contributed by atoms with Crippen molar-refractivity contribution < 1.29 is 4.39 Å². The van der Waals surface area contributed by atoms with Gasteiger partial charge in [0.25, 0.3) is 0 Å². The highest BCUT2D eigenvalue weighted by atomic mass is 35.5. The number of rotatable bonds is 4. The molecule has 0 saturated carbocycles. The van der Waals surface area contributed by atoms with Crippen LogP contribution in [-0.4, -0.2) is 39.5 Å². The maximum absolute atomic E-state index is 13.1. The molecule has 1 atom stereocenters. The van der Waals surface area contributed by atoms with Gasteiger partial charge >= 0.3 is 0 Å².